The van der Waals surface area contributed by atoms with E-state index >= 15 is 0 Å². The molecule has 0 bridgehead atoms. The first kappa shape index (κ1) is 16.0. The number of pyridine rings is 1. The zero-order valence-electron chi connectivity index (χ0n) is 13.1. The molecule has 3 aromatic rings. The molecule has 5 nitrogen and oxygen atoms in total. The standard InChI is InChI=1S/C18H17N3O2S/c1-14-7-5-6-10-17(14)20-15-11-12-18(19-13-15)21-24(22,23)16-8-3-2-4-9-16/h2-13,20H,1H3,(H,19,21). The summed E-state index contributed by atoms with van der Waals surface area (Å²) in [6.07, 6.45) is 1.59. The Morgan fingerprint density at radius 3 is 2.25 bits per heavy atom. The Hall–Kier alpha value is -2.86. The average Bonchev–Trinajstić information content (AvgIpc) is 2.59. The third-order valence-corrected chi connectivity index (χ3v) is 4.85. The number of nitrogens with one attached hydrogen (secondary N) is 2. The number of hydrogen-bond acceptors (Lipinski definition) is 4. The van der Waals surface area contributed by atoms with E-state index in [4.69, 9.17) is 0 Å². The summed E-state index contributed by atoms with van der Waals surface area (Å²) in [5, 5.41) is 3.25. The van der Waals surface area contributed by atoms with Gasteiger partial charge in [0, 0.05) is 5.69 Å². The zero-order chi connectivity index (χ0) is 17.0. The number of benzene rings is 2. The van der Waals surface area contributed by atoms with E-state index in [9.17, 15) is 8.42 Å². The lowest BCUT2D eigenvalue weighted by Crippen LogP contribution is -2.13. The van der Waals surface area contributed by atoms with Crippen LogP contribution in [0, 0.1) is 6.92 Å². The Balaban J connectivity index is 1.74. The molecule has 24 heavy (non-hydrogen) atoms. The van der Waals surface area contributed by atoms with Gasteiger partial charge in [0.05, 0.1) is 16.8 Å². The van der Waals surface area contributed by atoms with E-state index in [0.29, 0.717) is 0 Å². The summed E-state index contributed by atoms with van der Waals surface area (Å²) in [5.41, 5.74) is 2.88. The van der Waals surface area contributed by atoms with Crippen LogP contribution in [0.1, 0.15) is 5.56 Å². The van der Waals surface area contributed by atoms with Crippen molar-refractivity contribution in [1.29, 1.82) is 0 Å². The second-order valence-corrected chi connectivity index (χ2v) is 6.97. The Morgan fingerprint density at radius 1 is 0.875 bits per heavy atom. The van der Waals surface area contributed by atoms with E-state index in [-0.39, 0.29) is 10.7 Å². The van der Waals surface area contributed by atoms with Gasteiger partial charge in [0.1, 0.15) is 5.82 Å². The Bertz CT molecular complexity index is 924. The third kappa shape index (κ3) is 3.72. The predicted molar refractivity (Wildman–Crippen MR) is 95.9 cm³/mol. The van der Waals surface area contributed by atoms with Crippen molar-refractivity contribution in [3.63, 3.8) is 0 Å². The molecule has 6 heteroatoms. The fourth-order valence-corrected chi connectivity index (χ4v) is 3.22. The molecule has 0 saturated carbocycles. The first-order chi connectivity index (χ1) is 11.5. The van der Waals surface area contributed by atoms with Gasteiger partial charge in [0.15, 0.2) is 0 Å². The van der Waals surface area contributed by atoms with Gasteiger partial charge in [-0.15, -0.1) is 0 Å². The number of rotatable bonds is 5. The number of anilines is 3. The third-order valence-electron chi connectivity index (χ3n) is 3.48. The Morgan fingerprint density at radius 2 is 1.58 bits per heavy atom. The lowest BCUT2D eigenvalue weighted by molar-refractivity contribution is 0.601. The van der Waals surface area contributed by atoms with Crippen molar-refractivity contribution in [1.82, 2.24) is 4.98 Å². The average molecular weight is 339 g/mol. The van der Waals surface area contributed by atoms with Crippen molar-refractivity contribution in [2.45, 2.75) is 11.8 Å². The van der Waals surface area contributed by atoms with Crippen LogP contribution in [-0.2, 0) is 10.0 Å². The molecule has 0 amide bonds. The number of aromatic nitrogens is 1. The molecule has 0 atom stereocenters. The Kier molecular flexibility index (Phi) is 4.48. The second kappa shape index (κ2) is 6.72. The smallest absolute Gasteiger partial charge is 0.263 e. The van der Waals surface area contributed by atoms with Gasteiger partial charge >= 0.3 is 0 Å². The van der Waals surface area contributed by atoms with Gasteiger partial charge < -0.3 is 5.32 Å². The van der Waals surface area contributed by atoms with Crippen LogP contribution < -0.4 is 10.0 Å². The van der Waals surface area contributed by atoms with Gasteiger partial charge in [-0.05, 0) is 42.8 Å². The molecule has 0 fully saturated rings. The summed E-state index contributed by atoms with van der Waals surface area (Å²) in [6.45, 7) is 2.01. The topological polar surface area (TPSA) is 71.1 Å². The maximum atomic E-state index is 12.3. The molecule has 0 radical (unpaired) electrons. The van der Waals surface area contributed by atoms with E-state index in [1.54, 1.807) is 36.5 Å². The van der Waals surface area contributed by atoms with Crippen LogP contribution in [0.3, 0.4) is 0 Å². The van der Waals surface area contributed by atoms with E-state index < -0.39 is 10.0 Å². The summed E-state index contributed by atoms with van der Waals surface area (Å²) < 4.78 is 27.0. The molecule has 0 saturated heterocycles. The van der Waals surface area contributed by atoms with Crippen LogP contribution in [0.4, 0.5) is 17.2 Å². The first-order valence-corrected chi connectivity index (χ1v) is 8.89. The minimum Gasteiger partial charge on any atom is -0.354 e. The molecule has 0 unspecified atom stereocenters. The van der Waals surface area contributed by atoms with Gasteiger partial charge in [-0.1, -0.05) is 36.4 Å². The van der Waals surface area contributed by atoms with Gasteiger partial charge in [0.25, 0.3) is 10.0 Å². The van der Waals surface area contributed by atoms with Crippen LogP contribution >= 0.6 is 0 Å². The maximum Gasteiger partial charge on any atom is 0.263 e. The van der Waals surface area contributed by atoms with Gasteiger partial charge in [-0.2, -0.15) is 0 Å². The molecule has 0 spiro atoms. The fraction of sp³-hybridized carbons (Fsp3) is 0.0556. The number of hydrogen-bond donors (Lipinski definition) is 2. The van der Waals surface area contributed by atoms with Crippen LogP contribution in [0.5, 0.6) is 0 Å². The van der Waals surface area contributed by atoms with E-state index in [1.807, 2.05) is 31.2 Å². The maximum absolute atomic E-state index is 12.3. The van der Waals surface area contributed by atoms with Crippen molar-refractivity contribution in [2.24, 2.45) is 0 Å². The van der Waals surface area contributed by atoms with Gasteiger partial charge in [-0.3, -0.25) is 4.72 Å². The van der Waals surface area contributed by atoms with Crippen molar-refractivity contribution in [3.8, 4) is 0 Å². The van der Waals surface area contributed by atoms with Gasteiger partial charge in [0.2, 0.25) is 0 Å². The highest BCUT2D eigenvalue weighted by Gasteiger charge is 2.13. The quantitative estimate of drug-likeness (QED) is 0.739. The minimum atomic E-state index is -3.62. The Labute approximate surface area is 141 Å². The molecule has 0 aliphatic rings. The highest BCUT2D eigenvalue weighted by molar-refractivity contribution is 7.92. The fourth-order valence-electron chi connectivity index (χ4n) is 2.19. The summed E-state index contributed by atoms with van der Waals surface area (Å²) >= 11 is 0. The van der Waals surface area contributed by atoms with E-state index in [0.717, 1.165) is 16.9 Å². The molecule has 122 valence electrons. The molecule has 0 aliphatic heterocycles. The van der Waals surface area contributed by atoms with Crippen LogP contribution in [0.15, 0.2) is 77.8 Å². The first-order valence-electron chi connectivity index (χ1n) is 7.41. The summed E-state index contributed by atoms with van der Waals surface area (Å²) in [5.74, 6) is 0.272. The van der Waals surface area contributed by atoms with Crippen molar-refractivity contribution >= 4 is 27.2 Å². The van der Waals surface area contributed by atoms with Gasteiger partial charge in [-0.25, -0.2) is 13.4 Å². The molecular formula is C18H17N3O2S. The SMILES string of the molecule is Cc1ccccc1Nc1ccc(NS(=O)(=O)c2ccccc2)nc1. The molecule has 1 aromatic heterocycles. The molecule has 3 rings (SSSR count). The number of aryl methyl sites for hydroxylation is 1. The minimum absolute atomic E-state index is 0.203. The van der Waals surface area contributed by atoms with E-state index in [1.165, 1.54) is 12.1 Å². The molecule has 2 N–H and O–H groups in total. The lowest BCUT2D eigenvalue weighted by atomic mass is 10.2. The molecule has 1 heterocycles. The van der Waals surface area contributed by atoms with Crippen LogP contribution in [0.25, 0.3) is 0 Å². The molecule has 0 aliphatic carbocycles. The van der Waals surface area contributed by atoms with Crippen LogP contribution in [0.2, 0.25) is 0 Å². The lowest BCUT2D eigenvalue weighted by Gasteiger charge is -2.10. The number of sulfonamides is 1. The summed E-state index contributed by atoms with van der Waals surface area (Å²) in [7, 11) is -3.62. The molecule has 2 aromatic carbocycles. The zero-order valence-corrected chi connectivity index (χ0v) is 13.9. The van der Waals surface area contributed by atoms with E-state index in [2.05, 4.69) is 15.0 Å². The highest BCUT2D eigenvalue weighted by atomic mass is 32.2. The molecular weight excluding hydrogens is 322 g/mol. The second-order valence-electron chi connectivity index (χ2n) is 5.29. The van der Waals surface area contributed by atoms with Crippen molar-refractivity contribution in [3.05, 3.63) is 78.5 Å². The number of para-hydroxylation sites is 1. The van der Waals surface area contributed by atoms with Crippen molar-refractivity contribution in [2.75, 3.05) is 10.0 Å². The largest absolute Gasteiger partial charge is 0.354 e. The van der Waals surface area contributed by atoms with Crippen molar-refractivity contribution < 1.29 is 8.42 Å². The summed E-state index contributed by atoms with van der Waals surface area (Å²) in [4.78, 5) is 4.37. The predicted octanol–water partition coefficient (Wildman–Crippen LogP) is 3.93. The highest BCUT2D eigenvalue weighted by Crippen LogP contribution is 2.21. The number of nitrogens with zero attached hydrogens (tertiary/aromatic N) is 1. The summed E-state index contributed by atoms with van der Waals surface area (Å²) in [6, 6.07) is 19.5. The van der Waals surface area contributed by atoms with Crippen LogP contribution in [-0.4, -0.2) is 13.4 Å². The monoisotopic (exact) mass is 339 g/mol. The normalized spacial score (nSPS) is 11.0.